The second kappa shape index (κ2) is 5.49. The van der Waals surface area contributed by atoms with Gasteiger partial charge in [-0.2, -0.15) is 0 Å². The van der Waals surface area contributed by atoms with Gasteiger partial charge in [0.1, 0.15) is 11.4 Å². The highest BCUT2D eigenvalue weighted by Gasteiger charge is 2.11. The average molecular weight is 327 g/mol. The van der Waals surface area contributed by atoms with Crippen molar-refractivity contribution in [2.75, 3.05) is 12.4 Å². The Labute approximate surface area is 117 Å². The van der Waals surface area contributed by atoms with E-state index in [9.17, 15) is 4.79 Å². The number of nitrogens with zero attached hydrogens (tertiary/aromatic N) is 1. The molecule has 0 aliphatic rings. The van der Waals surface area contributed by atoms with Crippen LogP contribution in [0.15, 0.2) is 28.1 Å². The predicted molar refractivity (Wildman–Crippen MR) is 75.5 cm³/mol. The van der Waals surface area contributed by atoms with Gasteiger partial charge in [-0.05, 0) is 35.0 Å². The third-order valence-corrected chi connectivity index (χ3v) is 3.74. The molecule has 0 unspecified atom stereocenters. The van der Waals surface area contributed by atoms with Crippen LogP contribution in [0.4, 0.5) is 5.69 Å². The Bertz CT molecular complexity index is 583. The Hall–Kier alpha value is -1.40. The zero-order valence-electron chi connectivity index (χ0n) is 9.86. The van der Waals surface area contributed by atoms with E-state index in [0.717, 1.165) is 9.48 Å². The van der Waals surface area contributed by atoms with Crippen LogP contribution in [0.1, 0.15) is 15.5 Å². The number of halogens is 1. The van der Waals surface area contributed by atoms with E-state index in [4.69, 9.17) is 4.74 Å². The van der Waals surface area contributed by atoms with Crippen molar-refractivity contribution in [2.24, 2.45) is 0 Å². The summed E-state index contributed by atoms with van der Waals surface area (Å²) in [6.45, 7) is 1.86. The molecule has 1 heterocycles. The summed E-state index contributed by atoms with van der Waals surface area (Å²) in [6, 6.07) is 5.38. The third-order valence-electron chi connectivity index (χ3n) is 2.27. The molecule has 4 nitrogen and oxygen atoms in total. The first-order chi connectivity index (χ1) is 8.60. The lowest BCUT2D eigenvalue weighted by atomic mass is 10.3. The number of anilines is 1. The summed E-state index contributed by atoms with van der Waals surface area (Å²) in [5, 5.41) is 5.39. The summed E-state index contributed by atoms with van der Waals surface area (Å²) in [4.78, 5) is 16.1. The Kier molecular flexibility index (Phi) is 3.98. The number of aryl methyl sites for hydroxylation is 1. The van der Waals surface area contributed by atoms with E-state index in [-0.39, 0.29) is 5.91 Å². The van der Waals surface area contributed by atoms with Crippen molar-refractivity contribution in [1.29, 1.82) is 0 Å². The van der Waals surface area contributed by atoms with Crippen molar-refractivity contribution in [2.45, 2.75) is 6.92 Å². The molecule has 0 fully saturated rings. The van der Waals surface area contributed by atoms with Crippen molar-refractivity contribution >= 4 is 38.9 Å². The van der Waals surface area contributed by atoms with Crippen LogP contribution in [0, 0.1) is 6.92 Å². The molecule has 2 aromatic rings. The lowest BCUT2D eigenvalue weighted by Crippen LogP contribution is -2.12. The molecule has 1 N–H and O–H groups in total. The standard InChI is InChI=1S/C12H11BrN2O2S/c1-7-14-11(6-18-7)12(16)15-10-5-8(17-2)3-4-9(10)13/h3-6H,1-2H3,(H,15,16). The highest BCUT2D eigenvalue weighted by atomic mass is 79.9. The van der Waals surface area contributed by atoms with Crippen LogP contribution in [0.25, 0.3) is 0 Å². The summed E-state index contributed by atoms with van der Waals surface area (Å²) >= 11 is 4.82. The fraction of sp³-hybridized carbons (Fsp3) is 0.167. The van der Waals surface area contributed by atoms with Crippen molar-refractivity contribution in [3.63, 3.8) is 0 Å². The quantitative estimate of drug-likeness (QED) is 0.939. The smallest absolute Gasteiger partial charge is 0.275 e. The van der Waals surface area contributed by atoms with Gasteiger partial charge in [0.05, 0.1) is 17.8 Å². The first kappa shape index (κ1) is 13.0. The molecule has 94 valence electrons. The minimum absolute atomic E-state index is 0.228. The second-order valence-electron chi connectivity index (χ2n) is 3.55. The molecule has 0 aliphatic carbocycles. The van der Waals surface area contributed by atoms with Gasteiger partial charge in [0.25, 0.3) is 5.91 Å². The number of methoxy groups -OCH3 is 1. The number of nitrogens with one attached hydrogen (secondary N) is 1. The lowest BCUT2D eigenvalue weighted by molar-refractivity contribution is 0.102. The number of carbonyl (C=O) groups excluding carboxylic acids is 1. The van der Waals surface area contributed by atoms with E-state index in [2.05, 4.69) is 26.2 Å². The van der Waals surface area contributed by atoms with E-state index in [1.807, 2.05) is 19.1 Å². The molecular formula is C12H11BrN2O2S. The van der Waals surface area contributed by atoms with E-state index in [0.29, 0.717) is 17.1 Å². The summed E-state index contributed by atoms with van der Waals surface area (Å²) in [6.07, 6.45) is 0. The molecule has 0 bridgehead atoms. The molecule has 18 heavy (non-hydrogen) atoms. The molecule has 2 rings (SSSR count). The van der Waals surface area contributed by atoms with Crippen molar-refractivity contribution in [3.8, 4) is 5.75 Å². The topological polar surface area (TPSA) is 51.2 Å². The SMILES string of the molecule is COc1ccc(Br)c(NC(=O)c2csc(C)n2)c1. The number of hydrogen-bond donors (Lipinski definition) is 1. The maximum atomic E-state index is 12.0. The van der Waals surface area contributed by atoms with Crippen LogP contribution < -0.4 is 10.1 Å². The lowest BCUT2D eigenvalue weighted by Gasteiger charge is -2.08. The van der Waals surface area contributed by atoms with Crippen LogP contribution in [0.3, 0.4) is 0 Å². The zero-order chi connectivity index (χ0) is 13.1. The number of benzene rings is 1. The fourth-order valence-electron chi connectivity index (χ4n) is 1.38. The van der Waals surface area contributed by atoms with Gasteiger partial charge in [0.15, 0.2) is 0 Å². The van der Waals surface area contributed by atoms with Crippen molar-refractivity contribution < 1.29 is 9.53 Å². The monoisotopic (exact) mass is 326 g/mol. The Morgan fingerprint density at radius 1 is 1.50 bits per heavy atom. The molecule has 1 amide bonds. The molecule has 0 atom stereocenters. The van der Waals surface area contributed by atoms with Gasteiger partial charge in [-0.15, -0.1) is 11.3 Å². The maximum Gasteiger partial charge on any atom is 0.275 e. The molecule has 1 aromatic carbocycles. The Morgan fingerprint density at radius 3 is 2.89 bits per heavy atom. The molecule has 0 spiro atoms. The molecular weight excluding hydrogens is 316 g/mol. The molecule has 1 aromatic heterocycles. The fourth-order valence-corrected chi connectivity index (χ4v) is 2.32. The molecule has 0 radical (unpaired) electrons. The average Bonchev–Trinajstić information content (AvgIpc) is 2.79. The summed E-state index contributed by atoms with van der Waals surface area (Å²) < 4.78 is 5.91. The summed E-state index contributed by atoms with van der Waals surface area (Å²) in [5.41, 5.74) is 1.08. The van der Waals surface area contributed by atoms with Crippen molar-refractivity contribution in [3.05, 3.63) is 38.8 Å². The summed E-state index contributed by atoms with van der Waals surface area (Å²) in [5.74, 6) is 0.455. The number of amides is 1. The maximum absolute atomic E-state index is 12.0. The van der Waals surface area contributed by atoms with Gasteiger partial charge >= 0.3 is 0 Å². The van der Waals surface area contributed by atoms with Crippen LogP contribution in [0.5, 0.6) is 5.75 Å². The zero-order valence-corrected chi connectivity index (χ0v) is 12.3. The molecule has 0 aliphatic heterocycles. The highest BCUT2D eigenvalue weighted by Crippen LogP contribution is 2.27. The minimum Gasteiger partial charge on any atom is -0.497 e. The molecule has 6 heteroatoms. The number of thiazole rings is 1. The van der Waals surface area contributed by atoms with E-state index >= 15 is 0 Å². The number of ether oxygens (including phenoxy) is 1. The number of hydrogen-bond acceptors (Lipinski definition) is 4. The minimum atomic E-state index is -0.228. The largest absolute Gasteiger partial charge is 0.497 e. The van der Waals surface area contributed by atoms with Gasteiger partial charge in [-0.25, -0.2) is 4.98 Å². The van der Waals surface area contributed by atoms with E-state index in [1.54, 1.807) is 18.6 Å². The van der Waals surface area contributed by atoms with Crippen LogP contribution in [-0.2, 0) is 0 Å². The van der Waals surface area contributed by atoms with Crippen LogP contribution in [-0.4, -0.2) is 18.0 Å². The van der Waals surface area contributed by atoms with Gasteiger partial charge < -0.3 is 10.1 Å². The normalized spacial score (nSPS) is 10.2. The first-order valence-corrected chi connectivity index (χ1v) is 6.84. The first-order valence-electron chi connectivity index (χ1n) is 5.17. The number of rotatable bonds is 3. The van der Waals surface area contributed by atoms with Gasteiger partial charge in [-0.1, -0.05) is 0 Å². The van der Waals surface area contributed by atoms with E-state index in [1.165, 1.54) is 11.3 Å². The van der Waals surface area contributed by atoms with Gasteiger partial charge in [-0.3, -0.25) is 4.79 Å². The van der Waals surface area contributed by atoms with Crippen LogP contribution >= 0.6 is 27.3 Å². The van der Waals surface area contributed by atoms with Crippen molar-refractivity contribution in [1.82, 2.24) is 4.98 Å². The summed E-state index contributed by atoms with van der Waals surface area (Å²) in [7, 11) is 1.58. The molecule has 0 saturated carbocycles. The van der Waals surface area contributed by atoms with E-state index < -0.39 is 0 Å². The predicted octanol–water partition coefficient (Wildman–Crippen LogP) is 3.47. The van der Waals surface area contributed by atoms with Gasteiger partial charge in [0.2, 0.25) is 0 Å². The Balaban J connectivity index is 2.21. The number of carbonyl (C=O) groups is 1. The molecule has 0 saturated heterocycles. The Morgan fingerprint density at radius 2 is 2.28 bits per heavy atom. The number of aromatic nitrogens is 1. The van der Waals surface area contributed by atoms with Gasteiger partial charge in [0, 0.05) is 15.9 Å². The second-order valence-corrected chi connectivity index (χ2v) is 5.47. The highest BCUT2D eigenvalue weighted by molar-refractivity contribution is 9.10. The van der Waals surface area contributed by atoms with Crippen LogP contribution in [0.2, 0.25) is 0 Å². The third kappa shape index (κ3) is 2.88.